The van der Waals surface area contributed by atoms with Gasteiger partial charge in [0.15, 0.2) is 0 Å². The van der Waals surface area contributed by atoms with Crippen LogP contribution in [0, 0.1) is 5.82 Å². The molecule has 2 heteroatoms. The zero-order valence-corrected chi connectivity index (χ0v) is 6.76. The van der Waals surface area contributed by atoms with E-state index in [2.05, 4.69) is 0 Å². The van der Waals surface area contributed by atoms with Crippen LogP contribution in [-0.2, 0) is 12.8 Å². The van der Waals surface area contributed by atoms with Crippen molar-refractivity contribution in [3.8, 4) is 0 Å². The van der Waals surface area contributed by atoms with E-state index in [9.17, 15) is 9.50 Å². The molecule has 0 fully saturated rings. The third-order valence-electron chi connectivity index (χ3n) is 2.40. The van der Waals surface area contributed by atoms with Crippen molar-refractivity contribution in [2.45, 2.75) is 25.4 Å². The van der Waals surface area contributed by atoms with Crippen LogP contribution in [0.15, 0.2) is 18.2 Å². The highest BCUT2D eigenvalue weighted by molar-refractivity contribution is 5.31. The molecule has 0 bridgehead atoms. The van der Waals surface area contributed by atoms with Crippen LogP contribution in [0.4, 0.5) is 4.39 Å². The van der Waals surface area contributed by atoms with E-state index in [-0.39, 0.29) is 11.9 Å². The van der Waals surface area contributed by atoms with Crippen LogP contribution >= 0.6 is 0 Å². The predicted molar refractivity (Wildman–Crippen MR) is 44.4 cm³/mol. The molecule has 1 N–H and O–H groups in total. The molecule has 0 aromatic heterocycles. The number of hydrogen-bond acceptors (Lipinski definition) is 1. The van der Waals surface area contributed by atoms with Crippen LogP contribution in [0.3, 0.4) is 0 Å². The number of aryl methyl sites for hydroxylation is 1. The molecule has 64 valence electrons. The number of halogens is 1. The first-order chi connectivity index (χ1) is 5.77. The van der Waals surface area contributed by atoms with Gasteiger partial charge in [0.2, 0.25) is 0 Å². The Hall–Kier alpha value is -0.890. The van der Waals surface area contributed by atoms with Crippen molar-refractivity contribution in [1.82, 2.24) is 0 Å². The van der Waals surface area contributed by atoms with Crippen LogP contribution in [-0.4, -0.2) is 11.2 Å². The largest absolute Gasteiger partial charge is 0.393 e. The lowest BCUT2D eigenvalue weighted by atomic mass is 9.89. The quantitative estimate of drug-likeness (QED) is 0.621. The molecule has 0 radical (unpaired) electrons. The Bertz CT molecular complexity index is 296. The highest BCUT2D eigenvalue weighted by Crippen LogP contribution is 2.23. The third kappa shape index (κ3) is 1.23. The van der Waals surface area contributed by atoms with E-state index >= 15 is 0 Å². The fourth-order valence-electron chi connectivity index (χ4n) is 1.73. The van der Waals surface area contributed by atoms with Crippen molar-refractivity contribution in [2.75, 3.05) is 0 Å². The molecule has 1 aliphatic rings. The van der Waals surface area contributed by atoms with E-state index in [1.54, 1.807) is 6.07 Å². The van der Waals surface area contributed by atoms with Gasteiger partial charge in [-0.1, -0.05) is 12.1 Å². The van der Waals surface area contributed by atoms with Crippen molar-refractivity contribution >= 4 is 0 Å². The van der Waals surface area contributed by atoms with Crippen molar-refractivity contribution in [3.63, 3.8) is 0 Å². The highest BCUT2D eigenvalue weighted by atomic mass is 19.1. The van der Waals surface area contributed by atoms with Crippen LogP contribution < -0.4 is 0 Å². The molecular weight excluding hydrogens is 155 g/mol. The van der Waals surface area contributed by atoms with Gasteiger partial charge in [0.25, 0.3) is 0 Å². The van der Waals surface area contributed by atoms with Gasteiger partial charge in [-0.25, -0.2) is 4.39 Å². The fraction of sp³-hybridized carbons (Fsp3) is 0.400. The lowest BCUT2D eigenvalue weighted by Crippen LogP contribution is -2.19. The summed E-state index contributed by atoms with van der Waals surface area (Å²) in [6.07, 6.45) is 1.68. The van der Waals surface area contributed by atoms with Gasteiger partial charge in [0.1, 0.15) is 5.82 Å². The summed E-state index contributed by atoms with van der Waals surface area (Å²) in [6.45, 7) is 0. The average molecular weight is 166 g/mol. The molecule has 1 nitrogen and oxygen atoms in total. The van der Waals surface area contributed by atoms with E-state index in [1.807, 2.05) is 6.07 Å². The predicted octanol–water partition coefficient (Wildman–Crippen LogP) is 1.68. The molecule has 1 atom stereocenters. The summed E-state index contributed by atoms with van der Waals surface area (Å²) in [5.41, 5.74) is 1.76. The average Bonchev–Trinajstić information content (AvgIpc) is 2.07. The fourth-order valence-corrected chi connectivity index (χ4v) is 1.73. The highest BCUT2D eigenvalue weighted by Gasteiger charge is 2.18. The van der Waals surface area contributed by atoms with Gasteiger partial charge >= 0.3 is 0 Å². The molecule has 0 heterocycles. The second kappa shape index (κ2) is 2.87. The van der Waals surface area contributed by atoms with Crippen molar-refractivity contribution < 1.29 is 9.50 Å². The SMILES string of the molecule is OC1CCc2cccc(F)c2C1. The number of benzene rings is 1. The van der Waals surface area contributed by atoms with Crippen molar-refractivity contribution in [1.29, 1.82) is 0 Å². The monoisotopic (exact) mass is 166 g/mol. The topological polar surface area (TPSA) is 20.2 Å². The van der Waals surface area contributed by atoms with E-state index in [1.165, 1.54) is 6.07 Å². The van der Waals surface area contributed by atoms with Gasteiger partial charge in [0, 0.05) is 6.42 Å². The van der Waals surface area contributed by atoms with E-state index in [4.69, 9.17) is 0 Å². The van der Waals surface area contributed by atoms with Crippen LogP contribution in [0.1, 0.15) is 17.5 Å². The third-order valence-corrected chi connectivity index (χ3v) is 2.40. The Kier molecular flexibility index (Phi) is 1.85. The molecule has 0 saturated carbocycles. The molecule has 0 saturated heterocycles. The minimum absolute atomic E-state index is 0.175. The summed E-state index contributed by atoms with van der Waals surface area (Å²) in [7, 11) is 0. The Balaban J connectivity index is 2.43. The van der Waals surface area contributed by atoms with Gasteiger partial charge in [-0.2, -0.15) is 0 Å². The number of hydrogen-bond donors (Lipinski definition) is 1. The van der Waals surface area contributed by atoms with Gasteiger partial charge < -0.3 is 5.11 Å². The van der Waals surface area contributed by atoms with Gasteiger partial charge in [0.05, 0.1) is 6.10 Å². The zero-order valence-electron chi connectivity index (χ0n) is 6.76. The summed E-state index contributed by atoms with van der Waals surface area (Å²) in [5, 5.41) is 9.31. The molecule has 2 rings (SSSR count). The standard InChI is InChI=1S/C10H11FO/c11-10-3-1-2-7-4-5-8(12)6-9(7)10/h1-3,8,12H,4-6H2. The molecule has 1 aromatic rings. The Morgan fingerprint density at radius 2 is 2.25 bits per heavy atom. The maximum absolute atomic E-state index is 13.1. The minimum atomic E-state index is -0.352. The van der Waals surface area contributed by atoms with Gasteiger partial charge in [-0.05, 0) is 30.0 Å². The summed E-state index contributed by atoms with van der Waals surface area (Å²) >= 11 is 0. The summed E-state index contributed by atoms with van der Waals surface area (Å²) in [4.78, 5) is 0. The smallest absolute Gasteiger partial charge is 0.126 e. The molecule has 1 unspecified atom stereocenters. The van der Waals surface area contributed by atoms with E-state index in [0.29, 0.717) is 12.0 Å². The molecular formula is C10H11FO. The summed E-state index contributed by atoms with van der Waals surface area (Å²) in [5.74, 6) is -0.175. The van der Waals surface area contributed by atoms with Crippen molar-refractivity contribution in [2.24, 2.45) is 0 Å². The first-order valence-corrected chi connectivity index (χ1v) is 4.21. The zero-order chi connectivity index (χ0) is 8.55. The number of aliphatic hydroxyl groups is 1. The maximum atomic E-state index is 13.1. The second-order valence-electron chi connectivity index (χ2n) is 3.27. The Morgan fingerprint density at radius 1 is 1.42 bits per heavy atom. The molecule has 0 amide bonds. The van der Waals surface area contributed by atoms with E-state index < -0.39 is 0 Å². The lowest BCUT2D eigenvalue weighted by molar-refractivity contribution is 0.157. The lowest BCUT2D eigenvalue weighted by Gasteiger charge is -2.20. The first-order valence-electron chi connectivity index (χ1n) is 4.21. The first kappa shape index (κ1) is 7.74. The van der Waals surface area contributed by atoms with Crippen LogP contribution in [0.2, 0.25) is 0 Å². The summed E-state index contributed by atoms with van der Waals surface area (Å²) < 4.78 is 13.1. The molecule has 1 aliphatic carbocycles. The van der Waals surface area contributed by atoms with Gasteiger partial charge in [-0.15, -0.1) is 0 Å². The summed E-state index contributed by atoms with van der Waals surface area (Å²) in [6, 6.07) is 5.12. The molecule has 12 heavy (non-hydrogen) atoms. The minimum Gasteiger partial charge on any atom is -0.393 e. The Labute approximate surface area is 70.8 Å². The van der Waals surface area contributed by atoms with E-state index in [0.717, 1.165) is 18.4 Å². The van der Waals surface area contributed by atoms with Crippen molar-refractivity contribution in [3.05, 3.63) is 35.1 Å². The molecule has 0 aliphatic heterocycles. The van der Waals surface area contributed by atoms with Crippen LogP contribution in [0.25, 0.3) is 0 Å². The normalized spacial score (nSPS) is 22.0. The number of fused-ring (bicyclic) bond motifs is 1. The second-order valence-corrected chi connectivity index (χ2v) is 3.27. The van der Waals surface area contributed by atoms with Gasteiger partial charge in [-0.3, -0.25) is 0 Å². The molecule has 1 aromatic carbocycles. The number of aliphatic hydroxyl groups excluding tert-OH is 1. The number of rotatable bonds is 0. The molecule has 0 spiro atoms. The van der Waals surface area contributed by atoms with Crippen LogP contribution in [0.5, 0.6) is 0 Å². The maximum Gasteiger partial charge on any atom is 0.126 e. The Morgan fingerprint density at radius 3 is 3.08 bits per heavy atom.